The van der Waals surface area contributed by atoms with E-state index in [-0.39, 0.29) is 0 Å². The molecule has 0 aliphatic carbocycles. The Morgan fingerprint density at radius 3 is 2.34 bits per heavy atom. The van der Waals surface area contributed by atoms with Crippen molar-refractivity contribution in [3.63, 3.8) is 0 Å². The van der Waals surface area contributed by atoms with Crippen molar-refractivity contribution in [2.45, 2.75) is 0 Å². The van der Waals surface area contributed by atoms with E-state index in [1.165, 1.54) is 0 Å². The molecule has 1 N–H and O–H groups in total. The van der Waals surface area contributed by atoms with E-state index in [1.54, 1.807) is 39.7 Å². The molecule has 0 saturated carbocycles. The number of rotatable bonds is 6. The molecule has 0 unspecified atom stereocenters. The Bertz CT molecular complexity index is 1150. The molecule has 0 aliphatic heterocycles. The summed E-state index contributed by atoms with van der Waals surface area (Å²) in [5, 5.41) is 8.49. The van der Waals surface area contributed by atoms with Crippen LogP contribution >= 0.6 is 11.6 Å². The highest BCUT2D eigenvalue weighted by atomic mass is 35.5. The molecule has 2 aromatic carbocycles. The van der Waals surface area contributed by atoms with Crippen molar-refractivity contribution >= 4 is 28.8 Å². The Kier molecular flexibility index (Phi) is 5.14. The van der Waals surface area contributed by atoms with E-state index in [4.69, 9.17) is 25.8 Å². The molecule has 0 saturated heterocycles. The number of aromatic nitrogens is 3. The molecular weight excluding hydrogens is 392 g/mol. The molecule has 7 nitrogen and oxygen atoms in total. The van der Waals surface area contributed by atoms with Crippen molar-refractivity contribution in [2.24, 2.45) is 0 Å². The largest absolute Gasteiger partial charge is 0.493 e. The molecular formula is C21H19ClN4O3. The maximum absolute atomic E-state index is 6.15. The fourth-order valence-electron chi connectivity index (χ4n) is 3.11. The monoisotopic (exact) mass is 410 g/mol. The molecule has 0 spiro atoms. The van der Waals surface area contributed by atoms with Gasteiger partial charge in [0.15, 0.2) is 11.5 Å². The van der Waals surface area contributed by atoms with Crippen LogP contribution in [0.3, 0.4) is 0 Å². The first-order chi connectivity index (χ1) is 14.1. The van der Waals surface area contributed by atoms with Gasteiger partial charge in [-0.2, -0.15) is 0 Å². The van der Waals surface area contributed by atoms with Crippen LogP contribution in [0.2, 0.25) is 5.02 Å². The number of halogens is 1. The van der Waals surface area contributed by atoms with E-state index >= 15 is 0 Å². The van der Waals surface area contributed by atoms with Gasteiger partial charge < -0.3 is 19.5 Å². The number of anilines is 2. The van der Waals surface area contributed by atoms with Crippen molar-refractivity contribution in [2.75, 3.05) is 26.6 Å². The first-order valence-electron chi connectivity index (χ1n) is 8.80. The molecule has 0 atom stereocenters. The number of ether oxygens (including phenoxy) is 3. The smallest absolute Gasteiger partial charge is 0.245 e. The summed E-state index contributed by atoms with van der Waals surface area (Å²) in [6, 6.07) is 15.2. The topological polar surface area (TPSA) is 69.9 Å². The van der Waals surface area contributed by atoms with Gasteiger partial charge in [-0.25, -0.2) is 9.50 Å². The Balaban J connectivity index is 1.73. The Morgan fingerprint density at radius 1 is 0.931 bits per heavy atom. The fraction of sp³-hybridized carbons (Fsp3) is 0.143. The first kappa shape index (κ1) is 18.9. The van der Waals surface area contributed by atoms with E-state index in [9.17, 15) is 0 Å². The van der Waals surface area contributed by atoms with Crippen LogP contribution in [0.15, 0.2) is 54.7 Å². The molecule has 0 fully saturated rings. The Labute approximate surface area is 172 Å². The van der Waals surface area contributed by atoms with Gasteiger partial charge in [0.2, 0.25) is 11.7 Å². The Morgan fingerprint density at radius 2 is 1.69 bits per heavy atom. The first-order valence-corrected chi connectivity index (χ1v) is 9.18. The maximum atomic E-state index is 6.15. The lowest BCUT2D eigenvalue weighted by Gasteiger charge is -2.14. The average Bonchev–Trinajstić information content (AvgIpc) is 3.16. The van der Waals surface area contributed by atoms with E-state index in [0.717, 1.165) is 16.8 Å². The summed E-state index contributed by atoms with van der Waals surface area (Å²) in [5.74, 6) is 2.02. The quantitative estimate of drug-likeness (QED) is 0.491. The summed E-state index contributed by atoms with van der Waals surface area (Å²) in [5.41, 5.74) is 3.46. The molecule has 0 radical (unpaired) electrons. The molecule has 2 heterocycles. The summed E-state index contributed by atoms with van der Waals surface area (Å²) < 4.78 is 18.0. The molecule has 4 rings (SSSR count). The highest BCUT2D eigenvalue weighted by Crippen LogP contribution is 2.40. The van der Waals surface area contributed by atoms with Gasteiger partial charge in [-0.05, 0) is 24.3 Å². The SMILES string of the molecule is COc1cc(Nc2ncc3ccc(-c4cccc(Cl)c4)n3n2)cc(OC)c1OC. The van der Waals surface area contributed by atoms with Crippen molar-refractivity contribution in [3.05, 3.63) is 59.8 Å². The number of benzene rings is 2. The lowest BCUT2D eigenvalue weighted by molar-refractivity contribution is 0.324. The number of methoxy groups -OCH3 is 3. The van der Waals surface area contributed by atoms with Gasteiger partial charge in [0.25, 0.3) is 0 Å². The van der Waals surface area contributed by atoms with Gasteiger partial charge >= 0.3 is 0 Å². The van der Waals surface area contributed by atoms with E-state index < -0.39 is 0 Å². The number of hydrogen-bond acceptors (Lipinski definition) is 6. The Hall–Kier alpha value is -3.45. The van der Waals surface area contributed by atoms with Crippen molar-refractivity contribution < 1.29 is 14.2 Å². The molecule has 8 heteroatoms. The predicted molar refractivity (Wildman–Crippen MR) is 113 cm³/mol. The van der Waals surface area contributed by atoms with Gasteiger partial charge in [-0.3, -0.25) is 0 Å². The highest BCUT2D eigenvalue weighted by molar-refractivity contribution is 6.30. The van der Waals surface area contributed by atoms with Gasteiger partial charge in [-0.15, -0.1) is 5.10 Å². The van der Waals surface area contributed by atoms with Crippen LogP contribution in [-0.2, 0) is 0 Å². The number of fused-ring (bicyclic) bond motifs is 1. The van der Waals surface area contributed by atoms with Crippen molar-refractivity contribution in [1.29, 1.82) is 0 Å². The van der Waals surface area contributed by atoms with Crippen molar-refractivity contribution in [1.82, 2.24) is 14.6 Å². The van der Waals surface area contributed by atoms with Crippen molar-refractivity contribution in [3.8, 4) is 28.5 Å². The normalized spacial score (nSPS) is 10.8. The van der Waals surface area contributed by atoms with Gasteiger partial charge in [0.05, 0.1) is 38.7 Å². The van der Waals surface area contributed by atoms with Gasteiger partial charge in [0.1, 0.15) is 0 Å². The molecule has 29 heavy (non-hydrogen) atoms. The summed E-state index contributed by atoms with van der Waals surface area (Å²) in [4.78, 5) is 4.40. The van der Waals surface area contributed by atoms with Crippen LogP contribution in [-0.4, -0.2) is 35.9 Å². The third kappa shape index (κ3) is 3.64. The summed E-state index contributed by atoms with van der Waals surface area (Å²) in [6.07, 6.45) is 1.75. The highest BCUT2D eigenvalue weighted by Gasteiger charge is 2.14. The zero-order valence-corrected chi connectivity index (χ0v) is 16.9. The zero-order chi connectivity index (χ0) is 20.4. The summed E-state index contributed by atoms with van der Waals surface area (Å²) >= 11 is 6.15. The second-order valence-corrected chi connectivity index (χ2v) is 6.62. The van der Waals surface area contributed by atoms with Gasteiger partial charge in [-0.1, -0.05) is 23.7 Å². The van der Waals surface area contributed by atoms with Crippen LogP contribution in [0.5, 0.6) is 17.2 Å². The minimum absolute atomic E-state index is 0.422. The minimum Gasteiger partial charge on any atom is -0.493 e. The molecule has 0 amide bonds. The van der Waals surface area contributed by atoms with Gasteiger partial charge in [0, 0.05) is 28.4 Å². The lowest BCUT2D eigenvalue weighted by atomic mass is 10.2. The number of hydrogen-bond donors (Lipinski definition) is 1. The standard InChI is InChI=1S/C21H19ClN4O3/c1-27-18-10-15(11-19(28-2)20(18)29-3)24-21-23-12-16-7-8-17(26(16)25-21)13-5-4-6-14(22)9-13/h4-12H,1-3H3,(H,24,25). The molecule has 148 valence electrons. The lowest BCUT2D eigenvalue weighted by Crippen LogP contribution is -2.03. The van der Waals surface area contributed by atoms with E-state index in [1.807, 2.05) is 40.9 Å². The molecule has 0 aliphatic rings. The predicted octanol–water partition coefficient (Wildman–Crippen LogP) is 4.82. The zero-order valence-electron chi connectivity index (χ0n) is 16.1. The van der Waals surface area contributed by atoms with Crippen LogP contribution in [0.4, 0.5) is 11.6 Å². The van der Waals surface area contributed by atoms with Crippen LogP contribution in [0.1, 0.15) is 0 Å². The van der Waals surface area contributed by atoms with Crippen LogP contribution in [0, 0.1) is 0 Å². The summed E-state index contributed by atoms with van der Waals surface area (Å²) in [7, 11) is 4.70. The van der Waals surface area contributed by atoms with E-state index in [0.29, 0.717) is 33.9 Å². The number of nitrogens with zero attached hydrogens (tertiary/aromatic N) is 3. The fourth-order valence-corrected chi connectivity index (χ4v) is 3.30. The van der Waals surface area contributed by atoms with Crippen LogP contribution < -0.4 is 19.5 Å². The van der Waals surface area contributed by atoms with E-state index in [2.05, 4.69) is 15.4 Å². The van der Waals surface area contributed by atoms with Crippen LogP contribution in [0.25, 0.3) is 16.8 Å². The third-order valence-corrected chi connectivity index (χ3v) is 4.67. The third-order valence-electron chi connectivity index (χ3n) is 4.44. The second kappa shape index (κ2) is 7.89. The summed E-state index contributed by atoms with van der Waals surface area (Å²) in [6.45, 7) is 0. The second-order valence-electron chi connectivity index (χ2n) is 6.19. The minimum atomic E-state index is 0.422. The average molecular weight is 411 g/mol. The number of nitrogens with one attached hydrogen (secondary N) is 1. The molecule has 0 bridgehead atoms. The molecule has 2 aromatic heterocycles. The maximum Gasteiger partial charge on any atom is 0.245 e. The molecule has 4 aromatic rings.